The van der Waals surface area contributed by atoms with Crippen molar-refractivity contribution in [2.75, 3.05) is 0 Å². The van der Waals surface area contributed by atoms with Crippen molar-refractivity contribution in [1.29, 1.82) is 0 Å². The molecule has 0 radical (unpaired) electrons. The molecule has 1 heterocycles. The van der Waals surface area contributed by atoms with Crippen LogP contribution in [0.15, 0.2) is 77.4 Å². The Bertz CT molecular complexity index is 1260. The van der Waals surface area contributed by atoms with Gasteiger partial charge in [0.05, 0.1) is 4.92 Å². The second-order valence-electron chi connectivity index (χ2n) is 7.33. The third kappa shape index (κ3) is 4.41. The third-order valence-electron chi connectivity index (χ3n) is 5.19. The predicted molar refractivity (Wildman–Crippen MR) is 120 cm³/mol. The first kappa shape index (κ1) is 21.0. The lowest BCUT2D eigenvalue weighted by molar-refractivity contribution is -0.385. The maximum absolute atomic E-state index is 12.3. The number of ether oxygens (including phenoxy) is 2. The summed E-state index contributed by atoms with van der Waals surface area (Å²) in [6.45, 7) is 4.11. The number of aryl methyl sites for hydroxylation is 1. The van der Waals surface area contributed by atoms with Crippen LogP contribution in [-0.4, -0.2) is 16.8 Å². The molecule has 4 rings (SSSR count). The van der Waals surface area contributed by atoms with Gasteiger partial charge in [0.1, 0.15) is 12.4 Å². The van der Waals surface area contributed by atoms with E-state index >= 15 is 0 Å². The van der Waals surface area contributed by atoms with Gasteiger partial charge < -0.3 is 9.47 Å². The number of esters is 1. The van der Waals surface area contributed by atoms with Gasteiger partial charge in [-0.2, -0.15) is 0 Å². The normalized spacial score (nSPS) is 14.2. The standard InChI is InChI=1S/C25H20N2O5/c1-16-6-3-4-7-19(16)15-31-20-12-10-18(11-13-20)14-22-25(28)32-24(26-22)21-8-5-9-23(17(21)2)27(29)30/h3-14H,15H2,1-2H3/b22-14-. The van der Waals surface area contributed by atoms with E-state index in [-0.39, 0.29) is 17.3 Å². The topological polar surface area (TPSA) is 91.0 Å². The number of rotatable bonds is 6. The van der Waals surface area contributed by atoms with Crippen LogP contribution in [0.2, 0.25) is 0 Å². The molecule has 0 atom stereocenters. The quantitative estimate of drug-likeness (QED) is 0.235. The number of cyclic esters (lactones) is 1. The number of aliphatic imine (C=N–C) groups is 1. The molecule has 0 bridgehead atoms. The van der Waals surface area contributed by atoms with Crippen molar-refractivity contribution in [1.82, 2.24) is 0 Å². The summed E-state index contributed by atoms with van der Waals surface area (Å²) < 4.78 is 11.1. The average Bonchev–Trinajstić information content (AvgIpc) is 3.14. The molecule has 0 amide bonds. The van der Waals surface area contributed by atoms with Crippen molar-refractivity contribution in [3.63, 3.8) is 0 Å². The fourth-order valence-electron chi connectivity index (χ4n) is 3.33. The first-order valence-electron chi connectivity index (χ1n) is 9.96. The number of nitro benzene ring substituents is 1. The van der Waals surface area contributed by atoms with Gasteiger partial charge in [-0.05, 0) is 54.8 Å². The van der Waals surface area contributed by atoms with Crippen LogP contribution in [0.3, 0.4) is 0 Å². The first-order chi connectivity index (χ1) is 15.4. The summed E-state index contributed by atoms with van der Waals surface area (Å²) >= 11 is 0. The van der Waals surface area contributed by atoms with Gasteiger partial charge in [-0.15, -0.1) is 0 Å². The molecule has 0 unspecified atom stereocenters. The zero-order valence-corrected chi connectivity index (χ0v) is 17.6. The van der Waals surface area contributed by atoms with Crippen LogP contribution in [-0.2, 0) is 16.1 Å². The highest BCUT2D eigenvalue weighted by Crippen LogP contribution is 2.26. The van der Waals surface area contributed by atoms with Crippen molar-refractivity contribution >= 4 is 23.6 Å². The van der Waals surface area contributed by atoms with Crippen molar-refractivity contribution in [2.45, 2.75) is 20.5 Å². The van der Waals surface area contributed by atoms with Crippen LogP contribution in [0, 0.1) is 24.0 Å². The monoisotopic (exact) mass is 428 g/mol. The Morgan fingerprint density at radius 3 is 2.50 bits per heavy atom. The van der Waals surface area contributed by atoms with Gasteiger partial charge in [0.25, 0.3) is 5.69 Å². The summed E-state index contributed by atoms with van der Waals surface area (Å²) in [5, 5.41) is 11.2. The van der Waals surface area contributed by atoms with E-state index in [4.69, 9.17) is 9.47 Å². The lowest BCUT2D eigenvalue weighted by Crippen LogP contribution is -2.08. The molecular weight excluding hydrogens is 408 g/mol. The second kappa shape index (κ2) is 8.85. The van der Waals surface area contributed by atoms with Crippen molar-refractivity contribution in [3.05, 3.63) is 110 Å². The van der Waals surface area contributed by atoms with Crippen LogP contribution >= 0.6 is 0 Å². The van der Waals surface area contributed by atoms with E-state index in [1.165, 1.54) is 17.7 Å². The Morgan fingerprint density at radius 1 is 1.03 bits per heavy atom. The van der Waals surface area contributed by atoms with Crippen LogP contribution in [0.25, 0.3) is 6.08 Å². The van der Waals surface area contributed by atoms with Crippen LogP contribution in [0.4, 0.5) is 5.69 Å². The number of nitro groups is 1. The lowest BCUT2D eigenvalue weighted by Gasteiger charge is -2.08. The molecule has 3 aromatic rings. The number of carbonyl (C=O) groups excluding carboxylic acids is 1. The summed E-state index contributed by atoms with van der Waals surface area (Å²) in [5.74, 6) is 0.159. The van der Waals surface area contributed by atoms with Crippen LogP contribution < -0.4 is 4.74 Å². The van der Waals surface area contributed by atoms with E-state index in [0.717, 1.165) is 11.1 Å². The summed E-state index contributed by atoms with van der Waals surface area (Å²) in [6, 6.07) is 19.9. The summed E-state index contributed by atoms with van der Waals surface area (Å²) in [7, 11) is 0. The zero-order chi connectivity index (χ0) is 22.7. The van der Waals surface area contributed by atoms with Crippen LogP contribution in [0.5, 0.6) is 5.75 Å². The molecule has 0 aromatic heterocycles. The van der Waals surface area contributed by atoms with E-state index in [0.29, 0.717) is 23.5 Å². The minimum Gasteiger partial charge on any atom is -0.489 e. The molecule has 0 saturated heterocycles. The van der Waals surface area contributed by atoms with Crippen LogP contribution in [0.1, 0.15) is 27.8 Å². The molecule has 0 spiro atoms. The van der Waals surface area contributed by atoms with Crippen molar-refractivity contribution < 1.29 is 19.2 Å². The lowest BCUT2D eigenvalue weighted by atomic mass is 10.1. The fraction of sp³-hybridized carbons (Fsp3) is 0.120. The molecule has 160 valence electrons. The number of hydrogen-bond donors (Lipinski definition) is 0. The molecule has 0 saturated carbocycles. The van der Waals surface area contributed by atoms with Gasteiger partial charge in [-0.1, -0.05) is 42.5 Å². The molecule has 7 nitrogen and oxygen atoms in total. The van der Waals surface area contributed by atoms with E-state index < -0.39 is 10.9 Å². The molecule has 0 aliphatic carbocycles. The first-order valence-corrected chi connectivity index (χ1v) is 9.96. The minimum absolute atomic E-state index is 0.0556. The fourth-order valence-corrected chi connectivity index (χ4v) is 3.33. The van der Waals surface area contributed by atoms with E-state index in [9.17, 15) is 14.9 Å². The van der Waals surface area contributed by atoms with Crippen molar-refractivity contribution in [2.24, 2.45) is 4.99 Å². The number of nitrogens with zero attached hydrogens (tertiary/aromatic N) is 2. The third-order valence-corrected chi connectivity index (χ3v) is 5.19. The summed E-state index contributed by atoms with van der Waals surface area (Å²) in [5.41, 5.74) is 3.91. The molecule has 32 heavy (non-hydrogen) atoms. The molecular formula is C25H20N2O5. The Labute approximate surface area is 184 Å². The molecule has 3 aromatic carbocycles. The highest BCUT2D eigenvalue weighted by molar-refractivity contribution is 6.13. The van der Waals surface area contributed by atoms with E-state index in [2.05, 4.69) is 4.99 Å². The molecule has 7 heteroatoms. The van der Waals surface area contributed by atoms with Crippen molar-refractivity contribution in [3.8, 4) is 5.75 Å². The second-order valence-corrected chi connectivity index (χ2v) is 7.33. The summed E-state index contributed by atoms with van der Waals surface area (Å²) in [4.78, 5) is 27.2. The number of carbonyl (C=O) groups is 1. The maximum atomic E-state index is 12.3. The van der Waals surface area contributed by atoms with Gasteiger partial charge in [0.2, 0.25) is 5.90 Å². The van der Waals surface area contributed by atoms with E-state index in [1.807, 2.05) is 55.5 Å². The summed E-state index contributed by atoms with van der Waals surface area (Å²) in [6.07, 6.45) is 1.60. The highest BCUT2D eigenvalue weighted by Gasteiger charge is 2.27. The number of hydrogen-bond acceptors (Lipinski definition) is 6. The Kier molecular flexibility index (Phi) is 5.81. The Hall–Kier alpha value is -4.26. The van der Waals surface area contributed by atoms with E-state index in [1.54, 1.807) is 19.1 Å². The smallest absolute Gasteiger partial charge is 0.363 e. The van der Waals surface area contributed by atoms with Gasteiger partial charge in [-0.25, -0.2) is 9.79 Å². The number of benzene rings is 3. The Balaban J connectivity index is 1.51. The maximum Gasteiger partial charge on any atom is 0.363 e. The van der Waals surface area contributed by atoms with Gasteiger partial charge in [0.15, 0.2) is 5.70 Å². The SMILES string of the molecule is Cc1ccccc1COc1ccc(/C=C2\N=C(c3cccc([N+](=O)[O-])c3C)OC2=O)cc1. The predicted octanol–water partition coefficient (Wildman–Crippen LogP) is 5.14. The molecule has 0 N–H and O–H groups in total. The van der Waals surface area contributed by atoms with Gasteiger partial charge in [0, 0.05) is 17.2 Å². The Morgan fingerprint density at radius 2 is 1.78 bits per heavy atom. The molecule has 0 fully saturated rings. The van der Waals surface area contributed by atoms with Gasteiger partial charge in [-0.3, -0.25) is 10.1 Å². The zero-order valence-electron chi connectivity index (χ0n) is 17.6. The molecule has 1 aliphatic heterocycles. The highest BCUT2D eigenvalue weighted by atomic mass is 16.6. The minimum atomic E-state index is -0.606. The average molecular weight is 428 g/mol. The molecule has 1 aliphatic rings. The van der Waals surface area contributed by atoms with Gasteiger partial charge >= 0.3 is 5.97 Å². The largest absolute Gasteiger partial charge is 0.489 e.